The molecule has 1 aromatic rings. The first-order valence-corrected chi connectivity index (χ1v) is 6.94. The second kappa shape index (κ2) is 9.46. The average molecular weight is 304 g/mol. The molecule has 1 rings (SSSR count). The van der Waals surface area contributed by atoms with Gasteiger partial charge in [0.2, 0.25) is 0 Å². The smallest absolute Gasteiger partial charge is 0.314 e. The van der Waals surface area contributed by atoms with Crippen LogP contribution in [0.3, 0.4) is 0 Å². The number of carboxylic acids is 1. The first-order valence-electron chi connectivity index (χ1n) is 6.94. The molecular formula is C16H20N2O4. The van der Waals surface area contributed by atoms with Crippen molar-refractivity contribution in [2.75, 3.05) is 0 Å². The number of allylic oxidation sites excluding steroid dienone is 1. The number of nitrogens with two attached hydrogens (primary N) is 1. The molecule has 4 N–H and O–H groups in total. The standard InChI is InChI=1S/C16H20N2O4/c17-9-4-7-13(16(21)22)15(20)14(8-10-19)18-11-12-5-2-1-3-6-12/h1-6,9-10,13-14,18H,7-8,11,17H2,(H,21,22). The number of hydrogen-bond donors (Lipinski definition) is 3. The van der Waals surface area contributed by atoms with Gasteiger partial charge in [-0.2, -0.15) is 0 Å². The first kappa shape index (κ1) is 17.6. The fourth-order valence-electron chi connectivity index (χ4n) is 2.03. The van der Waals surface area contributed by atoms with E-state index in [1.54, 1.807) is 0 Å². The second-order valence-electron chi connectivity index (χ2n) is 4.78. The van der Waals surface area contributed by atoms with Gasteiger partial charge in [0.05, 0.1) is 6.04 Å². The molecule has 0 amide bonds. The lowest BCUT2D eigenvalue weighted by Crippen LogP contribution is -2.42. The van der Waals surface area contributed by atoms with E-state index in [0.29, 0.717) is 12.8 Å². The number of benzene rings is 1. The zero-order valence-electron chi connectivity index (χ0n) is 12.1. The number of aliphatic carboxylic acids is 1. The zero-order chi connectivity index (χ0) is 16.4. The van der Waals surface area contributed by atoms with Crippen LogP contribution in [0.4, 0.5) is 0 Å². The first-order chi connectivity index (χ1) is 10.6. The van der Waals surface area contributed by atoms with E-state index in [1.807, 2.05) is 30.3 Å². The van der Waals surface area contributed by atoms with Crippen LogP contribution in [0.25, 0.3) is 0 Å². The number of ketones is 1. The van der Waals surface area contributed by atoms with Gasteiger partial charge in [0, 0.05) is 13.0 Å². The summed E-state index contributed by atoms with van der Waals surface area (Å²) in [5.41, 5.74) is 6.13. The minimum Gasteiger partial charge on any atom is -0.481 e. The van der Waals surface area contributed by atoms with Crippen LogP contribution in [0.2, 0.25) is 0 Å². The molecular weight excluding hydrogens is 284 g/mol. The summed E-state index contributed by atoms with van der Waals surface area (Å²) in [7, 11) is 0. The van der Waals surface area contributed by atoms with Crippen LogP contribution in [0.5, 0.6) is 0 Å². The van der Waals surface area contributed by atoms with Crippen molar-refractivity contribution >= 4 is 18.0 Å². The monoisotopic (exact) mass is 304 g/mol. The molecule has 6 nitrogen and oxygen atoms in total. The van der Waals surface area contributed by atoms with Gasteiger partial charge >= 0.3 is 5.97 Å². The molecule has 0 saturated heterocycles. The molecule has 0 fully saturated rings. The molecule has 6 heteroatoms. The second-order valence-corrected chi connectivity index (χ2v) is 4.78. The van der Waals surface area contributed by atoms with Crippen LogP contribution < -0.4 is 11.1 Å². The van der Waals surface area contributed by atoms with Gasteiger partial charge < -0.3 is 21.0 Å². The number of rotatable bonds is 10. The molecule has 2 atom stereocenters. The molecule has 0 aliphatic rings. The lowest BCUT2D eigenvalue weighted by molar-refractivity contribution is -0.147. The predicted molar refractivity (Wildman–Crippen MR) is 81.8 cm³/mol. The third kappa shape index (κ3) is 5.49. The topological polar surface area (TPSA) is 109 Å². The van der Waals surface area contributed by atoms with Gasteiger partial charge in [-0.3, -0.25) is 9.59 Å². The van der Waals surface area contributed by atoms with E-state index in [-0.39, 0.29) is 12.8 Å². The van der Waals surface area contributed by atoms with Gasteiger partial charge in [-0.25, -0.2) is 0 Å². The van der Waals surface area contributed by atoms with E-state index < -0.39 is 23.7 Å². The molecule has 0 bridgehead atoms. The van der Waals surface area contributed by atoms with Crippen LogP contribution in [0.1, 0.15) is 18.4 Å². The summed E-state index contributed by atoms with van der Waals surface area (Å²) in [6, 6.07) is 8.52. The van der Waals surface area contributed by atoms with Gasteiger partial charge in [-0.05, 0) is 18.2 Å². The van der Waals surface area contributed by atoms with E-state index in [1.165, 1.54) is 12.3 Å². The molecule has 118 valence electrons. The number of carbonyl (C=O) groups excluding carboxylic acids is 2. The van der Waals surface area contributed by atoms with E-state index >= 15 is 0 Å². The van der Waals surface area contributed by atoms with Crippen molar-refractivity contribution in [3.05, 3.63) is 48.2 Å². The van der Waals surface area contributed by atoms with Crippen LogP contribution in [-0.2, 0) is 20.9 Å². The fourth-order valence-corrected chi connectivity index (χ4v) is 2.03. The Morgan fingerprint density at radius 1 is 1.23 bits per heavy atom. The number of nitrogens with one attached hydrogen (secondary N) is 1. The largest absolute Gasteiger partial charge is 0.481 e. The Morgan fingerprint density at radius 2 is 1.91 bits per heavy atom. The van der Waals surface area contributed by atoms with Crippen LogP contribution in [-0.4, -0.2) is 29.2 Å². The molecule has 0 aromatic heterocycles. The number of carbonyl (C=O) groups is 3. The molecule has 0 heterocycles. The highest BCUT2D eigenvalue weighted by molar-refractivity contribution is 6.01. The molecule has 0 saturated carbocycles. The normalized spacial score (nSPS) is 13.6. The van der Waals surface area contributed by atoms with Gasteiger partial charge in [-0.1, -0.05) is 36.4 Å². The number of Topliss-reactive ketones (excluding diaryl/α,β-unsaturated/α-hetero) is 1. The van der Waals surface area contributed by atoms with Crippen molar-refractivity contribution in [1.82, 2.24) is 5.32 Å². The molecule has 0 radical (unpaired) electrons. The van der Waals surface area contributed by atoms with Crippen molar-refractivity contribution < 1.29 is 19.5 Å². The van der Waals surface area contributed by atoms with Crippen molar-refractivity contribution in [2.24, 2.45) is 11.7 Å². The van der Waals surface area contributed by atoms with Crippen LogP contribution in [0.15, 0.2) is 42.6 Å². The summed E-state index contributed by atoms with van der Waals surface area (Å²) >= 11 is 0. The Morgan fingerprint density at radius 3 is 2.45 bits per heavy atom. The van der Waals surface area contributed by atoms with E-state index in [4.69, 9.17) is 10.8 Å². The Hall–Kier alpha value is -2.47. The maximum absolute atomic E-state index is 12.3. The Labute approximate surface area is 129 Å². The van der Waals surface area contributed by atoms with Crippen molar-refractivity contribution in [3.8, 4) is 0 Å². The van der Waals surface area contributed by atoms with Gasteiger partial charge in [0.15, 0.2) is 5.78 Å². The highest BCUT2D eigenvalue weighted by atomic mass is 16.4. The number of aldehydes is 1. The third-order valence-electron chi connectivity index (χ3n) is 3.22. The summed E-state index contributed by atoms with van der Waals surface area (Å²) in [6.07, 6.45) is 3.17. The Kier molecular flexibility index (Phi) is 7.56. The SMILES string of the molecule is NC=CCC(C(=O)O)C(=O)C(CC=O)NCc1ccccc1. The van der Waals surface area contributed by atoms with Crippen LogP contribution in [0, 0.1) is 5.92 Å². The third-order valence-corrected chi connectivity index (χ3v) is 3.22. The highest BCUT2D eigenvalue weighted by Gasteiger charge is 2.30. The molecule has 0 spiro atoms. The van der Waals surface area contributed by atoms with Gasteiger partial charge in [-0.15, -0.1) is 0 Å². The van der Waals surface area contributed by atoms with E-state index in [2.05, 4.69) is 5.32 Å². The quantitative estimate of drug-likeness (QED) is 0.437. The van der Waals surface area contributed by atoms with Crippen molar-refractivity contribution in [1.29, 1.82) is 0 Å². The minimum absolute atomic E-state index is 0.00698. The molecule has 0 aliphatic carbocycles. The summed E-state index contributed by atoms with van der Waals surface area (Å²) in [4.78, 5) is 34.3. The average Bonchev–Trinajstić information content (AvgIpc) is 2.52. The number of carboxylic acid groups (broad SMARTS) is 1. The maximum atomic E-state index is 12.3. The number of hydrogen-bond acceptors (Lipinski definition) is 5. The summed E-state index contributed by atoms with van der Waals surface area (Å²) in [6.45, 7) is 0.379. The lowest BCUT2D eigenvalue weighted by Gasteiger charge is -2.19. The molecule has 0 aliphatic heterocycles. The molecule has 22 heavy (non-hydrogen) atoms. The summed E-state index contributed by atoms with van der Waals surface area (Å²) in [5, 5.41) is 12.1. The van der Waals surface area contributed by atoms with E-state index in [0.717, 1.165) is 5.56 Å². The minimum atomic E-state index is -1.22. The van der Waals surface area contributed by atoms with Gasteiger partial charge in [0.25, 0.3) is 0 Å². The van der Waals surface area contributed by atoms with Crippen molar-refractivity contribution in [3.63, 3.8) is 0 Å². The van der Waals surface area contributed by atoms with E-state index in [9.17, 15) is 14.4 Å². The summed E-state index contributed by atoms with van der Waals surface area (Å²) < 4.78 is 0. The van der Waals surface area contributed by atoms with Crippen molar-refractivity contribution in [2.45, 2.75) is 25.4 Å². The molecule has 1 aromatic carbocycles. The highest BCUT2D eigenvalue weighted by Crippen LogP contribution is 2.11. The Bertz CT molecular complexity index is 528. The van der Waals surface area contributed by atoms with Gasteiger partial charge in [0.1, 0.15) is 12.2 Å². The molecule has 2 unspecified atom stereocenters. The zero-order valence-corrected chi connectivity index (χ0v) is 12.1. The Balaban J connectivity index is 2.76. The summed E-state index contributed by atoms with van der Waals surface area (Å²) in [5.74, 6) is -2.96. The van der Waals surface area contributed by atoms with Crippen LogP contribution >= 0.6 is 0 Å². The fraction of sp³-hybridized carbons (Fsp3) is 0.312. The lowest BCUT2D eigenvalue weighted by atomic mass is 9.93. The predicted octanol–water partition coefficient (Wildman–Crippen LogP) is 0.866. The maximum Gasteiger partial charge on any atom is 0.314 e.